The predicted molar refractivity (Wildman–Crippen MR) is 97.7 cm³/mol. The molecule has 2 N–H and O–H groups in total. The van der Waals surface area contributed by atoms with Crippen LogP contribution in [0.5, 0.6) is 0 Å². The molecule has 0 saturated carbocycles. The summed E-state index contributed by atoms with van der Waals surface area (Å²) in [6.07, 6.45) is 3.26. The number of fused-ring (bicyclic) bond motifs is 2. The molecule has 6 heteroatoms. The highest BCUT2D eigenvalue weighted by atomic mass is 16.3. The number of nitrogens with zero attached hydrogens (tertiary/aromatic N) is 2. The SMILES string of the molecule is Cc1cc2cc(C3=CC(=O)N4NCC(c5ccccn5)C4N3)ccc2o1. The average molecular weight is 346 g/mol. The molecule has 130 valence electrons. The van der Waals surface area contributed by atoms with Crippen LogP contribution in [0.2, 0.25) is 0 Å². The van der Waals surface area contributed by atoms with Gasteiger partial charge in [0.05, 0.1) is 5.92 Å². The lowest BCUT2D eigenvalue weighted by Crippen LogP contribution is -2.52. The van der Waals surface area contributed by atoms with Crippen molar-refractivity contribution in [3.05, 3.63) is 71.8 Å². The van der Waals surface area contributed by atoms with Gasteiger partial charge < -0.3 is 9.73 Å². The number of benzene rings is 1. The highest BCUT2D eigenvalue weighted by molar-refractivity contribution is 5.97. The Morgan fingerprint density at radius 3 is 3.00 bits per heavy atom. The monoisotopic (exact) mass is 346 g/mol. The first-order valence-corrected chi connectivity index (χ1v) is 8.65. The van der Waals surface area contributed by atoms with Gasteiger partial charge in [0, 0.05) is 35.6 Å². The van der Waals surface area contributed by atoms with Gasteiger partial charge in [-0.05, 0) is 48.9 Å². The smallest absolute Gasteiger partial charge is 0.264 e. The van der Waals surface area contributed by atoms with Crippen molar-refractivity contribution in [3.8, 4) is 0 Å². The number of carbonyl (C=O) groups excluding carboxylic acids is 1. The highest BCUT2D eigenvalue weighted by Gasteiger charge is 2.41. The summed E-state index contributed by atoms with van der Waals surface area (Å²) in [6.45, 7) is 2.60. The van der Waals surface area contributed by atoms with Crippen molar-refractivity contribution in [1.29, 1.82) is 0 Å². The van der Waals surface area contributed by atoms with Crippen LogP contribution in [0, 0.1) is 6.92 Å². The summed E-state index contributed by atoms with van der Waals surface area (Å²) in [6, 6.07) is 13.8. The number of aryl methyl sites for hydroxylation is 1. The fourth-order valence-electron chi connectivity index (χ4n) is 3.73. The van der Waals surface area contributed by atoms with Crippen molar-refractivity contribution in [3.63, 3.8) is 0 Å². The quantitative estimate of drug-likeness (QED) is 0.746. The standard InChI is InChI=1S/C20H18N4O2/c1-12-8-14-9-13(5-6-18(14)26-12)17-10-19(25)24-20(23-17)15(11-22-24)16-4-2-3-7-21-16/h2-10,15,20,22-23H,11H2,1H3. The summed E-state index contributed by atoms with van der Waals surface area (Å²) in [5, 5.41) is 6.20. The van der Waals surface area contributed by atoms with E-state index in [1.54, 1.807) is 17.3 Å². The van der Waals surface area contributed by atoms with Gasteiger partial charge in [-0.15, -0.1) is 0 Å². The Hall–Kier alpha value is -3.12. The Balaban J connectivity index is 1.50. The van der Waals surface area contributed by atoms with Gasteiger partial charge in [0.15, 0.2) is 0 Å². The number of carbonyl (C=O) groups is 1. The number of hydrazine groups is 1. The van der Waals surface area contributed by atoms with Crippen LogP contribution in [-0.4, -0.2) is 28.6 Å². The second kappa shape index (κ2) is 5.71. The Kier molecular flexibility index (Phi) is 3.33. The van der Waals surface area contributed by atoms with Crippen molar-refractivity contribution in [1.82, 2.24) is 20.7 Å². The van der Waals surface area contributed by atoms with Gasteiger partial charge in [-0.25, -0.2) is 5.43 Å². The number of furan rings is 1. The number of amides is 1. The summed E-state index contributed by atoms with van der Waals surface area (Å²) in [4.78, 5) is 17.1. The summed E-state index contributed by atoms with van der Waals surface area (Å²) in [7, 11) is 0. The lowest BCUT2D eigenvalue weighted by atomic mass is 9.99. The average Bonchev–Trinajstić information content (AvgIpc) is 3.24. The molecule has 0 bridgehead atoms. The van der Waals surface area contributed by atoms with Gasteiger partial charge in [-0.1, -0.05) is 6.07 Å². The van der Waals surface area contributed by atoms with Crippen LogP contribution in [0.25, 0.3) is 16.7 Å². The highest BCUT2D eigenvalue weighted by Crippen LogP contribution is 2.31. The first-order valence-electron chi connectivity index (χ1n) is 8.65. The van der Waals surface area contributed by atoms with E-state index in [0.29, 0.717) is 6.54 Å². The molecule has 2 aliphatic rings. The van der Waals surface area contributed by atoms with E-state index in [2.05, 4.69) is 15.7 Å². The molecule has 3 aromatic rings. The van der Waals surface area contributed by atoms with Gasteiger partial charge in [0.25, 0.3) is 5.91 Å². The summed E-state index contributed by atoms with van der Waals surface area (Å²) >= 11 is 0. The molecule has 1 saturated heterocycles. The molecule has 0 aliphatic carbocycles. The van der Waals surface area contributed by atoms with Crippen molar-refractivity contribution in [2.24, 2.45) is 0 Å². The first-order chi connectivity index (χ1) is 12.7. The largest absolute Gasteiger partial charge is 0.461 e. The fourth-order valence-corrected chi connectivity index (χ4v) is 3.73. The number of hydrogen-bond donors (Lipinski definition) is 2. The van der Waals surface area contributed by atoms with E-state index in [-0.39, 0.29) is 18.0 Å². The fraction of sp³-hybridized carbons (Fsp3) is 0.200. The van der Waals surface area contributed by atoms with Gasteiger partial charge in [0.2, 0.25) is 0 Å². The van der Waals surface area contributed by atoms with E-state index in [0.717, 1.165) is 33.7 Å². The van der Waals surface area contributed by atoms with Crippen molar-refractivity contribution in [2.45, 2.75) is 19.0 Å². The molecule has 1 fully saturated rings. The van der Waals surface area contributed by atoms with E-state index in [4.69, 9.17) is 4.42 Å². The zero-order chi connectivity index (χ0) is 17.7. The molecule has 4 heterocycles. The molecule has 2 aliphatic heterocycles. The van der Waals surface area contributed by atoms with Crippen molar-refractivity contribution in [2.75, 3.05) is 6.54 Å². The number of rotatable bonds is 2. The van der Waals surface area contributed by atoms with Crippen molar-refractivity contribution < 1.29 is 9.21 Å². The zero-order valence-corrected chi connectivity index (χ0v) is 14.3. The van der Waals surface area contributed by atoms with Crippen LogP contribution in [0.3, 0.4) is 0 Å². The minimum absolute atomic E-state index is 0.0503. The molecule has 0 spiro atoms. The molecule has 2 atom stereocenters. The Morgan fingerprint density at radius 1 is 1.23 bits per heavy atom. The molecular formula is C20H18N4O2. The van der Waals surface area contributed by atoms with Gasteiger partial charge >= 0.3 is 0 Å². The summed E-state index contributed by atoms with van der Waals surface area (Å²) < 4.78 is 5.64. The topological polar surface area (TPSA) is 70.4 Å². The van der Waals surface area contributed by atoms with Crippen LogP contribution in [0.1, 0.15) is 22.9 Å². The molecule has 26 heavy (non-hydrogen) atoms. The normalized spacial score (nSPS) is 22.3. The lowest BCUT2D eigenvalue weighted by Gasteiger charge is -2.32. The number of nitrogens with one attached hydrogen (secondary N) is 2. The maximum absolute atomic E-state index is 12.6. The second-order valence-electron chi connectivity index (χ2n) is 6.69. The van der Waals surface area contributed by atoms with Gasteiger partial charge in [-0.3, -0.25) is 14.8 Å². The van der Waals surface area contributed by atoms with E-state index in [9.17, 15) is 4.79 Å². The molecule has 1 amide bonds. The molecule has 0 radical (unpaired) electrons. The number of aromatic nitrogens is 1. The maximum Gasteiger partial charge on any atom is 0.264 e. The van der Waals surface area contributed by atoms with Crippen LogP contribution < -0.4 is 10.7 Å². The minimum atomic E-state index is -0.167. The molecule has 6 nitrogen and oxygen atoms in total. The number of pyridine rings is 1. The predicted octanol–water partition coefficient (Wildman–Crippen LogP) is 2.54. The molecule has 2 unspecified atom stereocenters. The third-order valence-electron chi connectivity index (χ3n) is 4.97. The van der Waals surface area contributed by atoms with Gasteiger partial charge in [0.1, 0.15) is 17.5 Å². The lowest BCUT2D eigenvalue weighted by molar-refractivity contribution is -0.130. The Labute approximate surface area is 150 Å². The Morgan fingerprint density at radius 2 is 2.15 bits per heavy atom. The van der Waals surface area contributed by atoms with Crippen LogP contribution >= 0.6 is 0 Å². The van der Waals surface area contributed by atoms with Crippen LogP contribution in [0.15, 0.2) is 59.2 Å². The van der Waals surface area contributed by atoms with E-state index >= 15 is 0 Å². The van der Waals surface area contributed by atoms with Crippen molar-refractivity contribution >= 4 is 22.6 Å². The summed E-state index contributed by atoms with van der Waals surface area (Å²) in [5.41, 5.74) is 6.79. The molecular weight excluding hydrogens is 328 g/mol. The minimum Gasteiger partial charge on any atom is -0.461 e. The molecule has 2 aromatic heterocycles. The first kappa shape index (κ1) is 15.2. The van der Waals surface area contributed by atoms with Crippen LogP contribution in [0.4, 0.5) is 0 Å². The van der Waals surface area contributed by atoms with E-state index in [1.165, 1.54) is 0 Å². The number of hydrogen-bond acceptors (Lipinski definition) is 5. The second-order valence-corrected chi connectivity index (χ2v) is 6.69. The Bertz CT molecular complexity index is 1020. The van der Waals surface area contributed by atoms with Gasteiger partial charge in [-0.2, -0.15) is 0 Å². The summed E-state index contributed by atoms with van der Waals surface area (Å²) in [5.74, 6) is 0.912. The maximum atomic E-state index is 12.6. The van der Waals surface area contributed by atoms with E-state index in [1.807, 2.05) is 49.4 Å². The van der Waals surface area contributed by atoms with E-state index < -0.39 is 0 Å². The third kappa shape index (κ3) is 2.38. The zero-order valence-electron chi connectivity index (χ0n) is 14.3. The molecule has 5 rings (SSSR count). The van der Waals surface area contributed by atoms with Crippen LogP contribution in [-0.2, 0) is 4.79 Å². The molecule has 1 aromatic carbocycles. The third-order valence-corrected chi connectivity index (χ3v) is 4.97.